The third-order valence-electron chi connectivity index (χ3n) is 7.75. The van der Waals surface area contributed by atoms with Crippen molar-refractivity contribution in [2.24, 2.45) is 17.8 Å². The molecule has 0 bridgehead atoms. The highest BCUT2D eigenvalue weighted by atomic mass is 79.9. The minimum absolute atomic E-state index is 0.164. The molecule has 1 saturated carbocycles. The van der Waals surface area contributed by atoms with E-state index in [1.54, 1.807) is 45.6 Å². The average molecular weight is 621 g/mol. The fraction of sp³-hybridized carbons (Fsp3) is 0.370. The Labute approximate surface area is 234 Å². The molecular formula is C27H27BrFN3O4S2. The van der Waals surface area contributed by atoms with Gasteiger partial charge in [0.05, 0.1) is 28.7 Å². The van der Waals surface area contributed by atoms with Crippen LogP contribution in [0.5, 0.6) is 0 Å². The van der Waals surface area contributed by atoms with Crippen molar-refractivity contribution in [1.29, 1.82) is 0 Å². The topological polar surface area (TPSA) is 70.2 Å². The maximum absolute atomic E-state index is 15.3. The van der Waals surface area contributed by atoms with Crippen LogP contribution >= 0.6 is 27.3 Å². The lowest BCUT2D eigenvalue weighted by Gasteiger charge is -2.30. The Morgan fingerprint density at radius 2 is 1.79 bits per heavy atom. The highest BCUT2D eigenvalue weighted by Crippen LogP contribution is 2.53. The molecule has 6 rings (SSSR count). The van der Waals surface area contributed by atoms with Crippen LogP contribution in [-0.4, -0.2) is 64.6 Å². The molecule has 1 aliphatic carbocycles. The van der Waals surface area contributed by atoms with Gasteiger partial charge in [0.1, 0.15) is 5.82 Å². The van der Waals surface area contributed by atoms with Gasteiger partial charge in [0.15, 0.2) is 0 Å². The van der Waals surface area contributed by atoms with E-state index in [0.717, 1.165) is 4.47 Å². The average Bonchev–Trinajstić information content (AvgIpc) is 3.32. The van der Waals surface area contributed by atoms with Crippen LogP contribution in [-0.2, 0) is 14.8 Å². The Morgan fingerprint density at radius 3 is 2.42 bits per heavy atom. The summed E-state index contributed by atoms with van der Waals surface area (Å²) in [4.78, 5) is 18.0. The number of benzene rings is 2. The zero-order valence-corrected chi connectivity index (χ0v) is 23.7. The SMILES string of the molecule is O=C(c1cccs1)N(CC1C2CN(S(=O)(=O)c3ccc(Br)cc3)CC12)c1ccc(N2CCOCC2)c(F)c1. The molecule has 2 saturated heterocycles. The summed E-state index contributed by atoms with van der Waals surface area (Å²) in [6.07, 6.45) is 0. The first-order valence-corrected chi connectivity index (χ1v) is 15.7. The number of rotatable bonds is 7. The number of thiophene rings is 1. The van der Waals surface area contributed by atoms with Crippen molar-refractivity contribution in [2.75, 3.05) is 55.7 Å². The van der Waals surface area contributed by atoms with Gasteiger partial charge in [-0.2, -0.15) is 4.31 Å². The number of carbonyl (C=O) groups excluding carboxylic acids is 1. The predicted molar refractivity (Wildman–Crippen MR) is 149 cm³/mol. The second kappa shape index (κ2) is 10.3. The summed E-state index contributed by atoms with van der Waals surface area (Å²) in [5.41, 5.74) is 1.03. The van der Waals surface area contributed by atoms with Crippen molar-refractivity contribution in [3.05, 3.63) is 75.1 Å². The van der Waals surface area contributed by atoms with Crippen molar-refractivity contribution < 1.29 is 22.3 Å². The number of morpholine rings is 1. The molecule has 3 aromatic rings. The number of sulfonamides is 1. The molecule has 3 heterocycles. The van der Waals surface area contributed by atoms with Crippen LogP contribution in [0.4, 0.5) is 15.8 Å². The molecule has 2 aliphatic heterocycles. The molecule has 200 valence electrons. The van der Waals surface area contributed by atoms with Crippen LogP contribution in [0.3, 0.4) is 0 Å². The number of fused-ring (bicyclic) bond motifs is 1. The lowest BCUT2D eigenvalue weighted by atomic mass is 10.2. The summed E-state index contributed by atoms with van der Waals surface area (Å²) >= 11 is 4.70. The van der Waals surface area contributed by atoms with Gasteiger partial charge >= 0.3 is 0 Å². The summed E-state index contributed by atoms with van der Waals surface area (Å²) in [5, 5.41) is 1.85. The Hall–Kier alpha value is -2.31. The maximum atomic E-state index is 15.3. The first kappa shape index (κ1) is 25.9. The maximum Gasteiger partial charge on any atom is 0.268 e. The molecular weight excluding hydrogens is 593 g/mol. The van der Waals surface area contributed by atoms with Crippen LogP contribution in [0.1, 0.15) is 9.67 Å². The number of halogens is 2. The Morgan fingerprint density at radius 1 is 1.08 bits per heavy atom. The van der Waals surface area contributed by atoms with E-state index in [0.29, 0.717) is 62.2 Å². The summed E-state index contributed by atoms with van der Waals surface area (Å²) in [6, 6.07) is 15.3. The van der Waals surface area contributed by atoms with E-state index in [1.807, 2.05) is 22.4 Å². The third-order valence-corrected chi connectivity index (χ3v) is 11.0. The van der Waals surface area contributed by atoms with E-state index in [4.69, 9.17) is 4.74 Å². The lowest BCUT2D eigenvalue weighted by molar-refractivity contribution is 0.0988. The summed E-state index contributed by atoms with van der Waals surface area (Å²) in [7, 11) is -3.56. The Balaban J connectivity index is 1.19. The molecule has 11 heteroatoms. The Kier molecular flexibility index (Phi) is 7.06. The van der Waals surface area contributed by atoms with Gasteiger partial charge in [-0.1, -0.05) is 22.0 Å². The molecule has 0 N–H and O–H groups in total. The van der Waals surface area contributed by atoms with E-state index in [1.165, 1.54) is 17.4 Å². The second-order valence-corrected chi connectivity index (χ2v) is 13.7. The van der Waals surface area contributed by atoms with Gasteiger partial charge in [0, 0.05) is 42.9 Å². The number of ether oxygens (including phenoxy) is 1. The van der Waals surface area contributed by atoms with Crippen LogP contribution in [0, 0.1) is 23.6 Å². The lowest BCUT2D eigenvalue weighted by Crippen LogP contribution is -2.37. The zero-order valence-electron chi connectivity index (χ0n) is 20.5. The first-order valence-electron chi connectivity index (χ1n) is 12.6. The monoisotopic (exact) mass is 619 g/mol. The van der Waals surface area contributed by atoms with Crippen LogP contribution in [0.15, 0.2) is 69.3 Å². The molecule has 38 heavy (non-hydrogen) atoms. The number of nitrogens with zero attached hydrogens (tertiary/aromatic N) is 3. The molecule has 3 fully saturated rings. The van der Waals surface area contributed by atoms with Gasteiger partial charge in [-0.25, -0.2) is 12.8 Å². The fourth-order valence-corrected chi connectivity index (χ4v) is 8.06. The molecule has 7 nitrogen and oxygen atoms in total. The number of carbonyl (C=O) groups is 1. The smallest absolute Gasteiger partial charge is 0.268 e. The molecule has 0 radical (unpaired) electrons. The van der Waals surface area contributed by atoms with E-state index in [9.17, 15) is 13.2 Å². The summed E-state index contributed by atoms with van der Waals surface area (Å²) in [5.74, 6) is -0.0103. The van der Waals surface area contributed by atoms with E-state index in [-0.39, 0.29) is 34.4 Å². The third kappa shape index (κ3) is 4.90. The molecule has 1 aromatic heterocycles. The highest BCUT2D eigenvalue weighted by molar-refractivity contribution is 9.10. The predicted octanol–water partition coefficient (Wildman–Crippen LogP) is 4.70. The minimum atomic E-state index is -3.56. The number of hydrogen-bond acceptors (Lipinski definition) is 6. The van der Waals surface area contributed by atoms with E-state index in [2.05, 4.69) is 15.9 Å². The molecule has 2 atom stereocenters. The van der Waals surface area contributed by atoms with Crippen molar-refractivity contribution in [3.63, 3.8) is 0 Å². The molecule has 1 amide bonds. The van der Waals surface area contributed by atoms with Gasteiger partial charge in [0.2, 0.25) is 10.0 Å². The number of piperidine rings is 1. The molecule has 2 aromatic carbocycles. The first-order chi connectivity index (χ1) is 18.3. The van der Waals surface area contributed by atoms with Gasteiger partial charge < -0.3 is 14.5 Å². The fourth-order valence-electron chi connectivity index (χ4n) is 5.61. The summed E-state index contributed by atoms with van der Waals surface area (Å²) in [6.45, 7) is 3.65. The second-order valence-electron chi connectivity index (χ2n) is 9.90. The standard InChI is InChI=1S/C27H27BrFN3O4S2/c28-18-3-6-20(7-4-18)38(34,35)31-15-21-22(16-31)23(21)17-32(27(33)26-2-1-13-37-26)19-5-8-25(24(29)14-19)30-9-11-36-12-10-30/h1-8,13-14,21-23H,9-12,15-17H2. The van der Waals surface area contributed by atoms with Gasteiger partial charge in [-0.15, -0.1) is 11.3 Å². The van der Waals surface area contributed by atoms with Gasteiger partial charge in [-0.05, 0) is 71.7 Å². The highest BCUT2D eigenvalue weighted by Gasteiger charge is 2.58. The zero-order chi connectivity index (χ0) is 26.4. The van der Waals surface area contributed by atoms with Crippen molar-refractivity contribution >= 4 is 54.6 Å². The number of amides is 1. The van der Waals surface area contributed by atoms with E-state index < -0.39 is 10.0 Å². The van der Waals surface area contributed by atoms with Gasteiger partial charge in [0.25, 0.3) is 5.91 Å². The quantitative estimate of drug-likeness (QED) is 0.383. The van der Waals surface area contributed by atoms with Crippen LogP contribution in [0.2, 0.25) is 0 Å². The largest absolute Gasteiger partial charge is 0.378 e. The summed E-state index contributed by atoms with van der Waals surface area (Å²) < 4.78 is 49.3. The van der Waals surface area contributed by atoms with Gasteiger partial charge in [-0.3, -0.25) is 4.79 Å². The molecule has 3 aliphatic rings. The van der Waals surface area contributed by atoms with E-state index >= 15 is 4.39 Å². The van der Waals surface area contributed by atoms with Crippen LogP contribution < -0.4 is 9.80 Å². The van der Waals surface area contributed by atoms with Crippen molar-refractivity contribution in [3.8, 4) is 0 Å². The number of hydrogen-bond donors (Lipinski definition) is 0. The molecule has 2 unspecified atom stereocenters. The normalized spacial score (nSPS) is 23.3. The number of anilines is 2. The van der Waals surface area contributed by atoms with Crippen LogP contribution in [0.25, 0.3) is 0 Å². The van der Waals surface area contributed by atoms with Crippen molar-refractivity contribution in [1.82, 2.24) is 4.31 Å². The van der Waals surface area contributed by atoms with Crippen molar-refractivity contribution in [2.45, 2.75) is 4.90 Å². The minimum Gasteiger partial charge on any atom is -0.378 e. The molecule has 0 spiro atoms. The Bertz CT molecular complexity index is 1420.